The normalized spacial score (nSPS) is 27.3. The first-order valence-electron chi connectivity index (χ1n) is 6.67. The Morgan fingerprint density at radius 3 is 2.71 bits per heavy atom. The molecule has 4 aliphatic rings. The van der Waals surface area contributed by atoms with Crippen LogP contribution in [0.25, 0.3) is 0 Å². The lowest BCUT2D eigenvalue weighted by Gasteiger charge is -2.22. The van der Waals surface area contributed by atoms with Gasteiger partial charge in [-0.05, 0) is 31.3 Å². The van der Waals surface area contributed by atoms with Crippen LogP contribution in [-0.4, -0.2) is 36.2 Å². The highest BCUT2D eigenvalue weighted by Crippen LogP contribution is 2.39. The van der Waals surface area contributed by atoms with E-state index >= 15 is 0 Å². The molecule has 0 aromatic carbocycles. The number of ether oxygens (including phenoxy) is 2. The maximum atomic E-state index is 5.84. The number of allylic oxidation sites excluding steroid dienone is 1. The fourth-order valence-corrected chi connectivity index (χ4v) is 3.25. The zero-order chi connectivity index (χ0) is 11.2. The molecule has 0 aromatic rings. The van der Waals surface area contributed by atoms with E-state index in [0.717, 1.165) is 38.2 Å². The van der Waals surface area contributed by atoms with Crippen LogP contribution in [0.2, 0.25) is 0 Å². The second kappa shape index (κ2) is 3.59. The lowest BCUT2D eigenvalue weighted by atomic mass is 9.93. The number of hydrogen-bond acceptors (Lipinski definition) is 4. The minimum atomic E-state index is 0.755. The molecule has 0 radical (unpaired) electrons. The predicted octanol–water partition coefficient (Wildman–Crippen LogP) is 1.97. The maximum absolute atomic E-state index is 5.84. The van der Waals surface area contributed by atoms with Crippen molar-refractivity contribution in [1.82, 2.24) is 9.80 Å². The molecule has 0 unspecified atom stereocenters. The Labute approximate surface area is 101 Å². The van der Waals surface area contributed by atoms with E-state index in [1.165, 1.54) is 37.8 Å². The van der Waals surface area contributed by atoms with Gasteiger partial charge in [0.1, 0.15) is 19.9 Å². The Kier molecular flexibility index (Phi) is 2.04. The van der Waals surface area contributed by atoms with Gasteiger partial charge in [-0.2, -0.15) is 0 Å². The van der Waals surface area contributed by atoms with E-state index in [9.17, 15) is 0 Å². The third-order valence-electron chi connectivity index (χ3n) is 4.16. The second-order valence-corrected chi connectivity index (χ2v) is 5.19. The topological polar surface area (TPSA) is 24.9 Å². The predicted molar refractivity (Wildman–Crippen MR) is 62.5 cm³/mol. The van der Waals surface area contributed by atoms with Crippen molar-refractivity contribution < 1.29 is 9.47 Å². The summed E-state index contributed by atoms with van der Waals surface area (Å²) in [6.07, 6.45) is 6.61. The molecule has 1 saturated carbocycles. The summed E-state index contributed by atoms with van der Waals surface area (Å²) >= 11 is 0. The molecule has 4 rings (SSSR count). The third kappa shape index (κ3) is 1.36. The molecule has 92 valence electrons. The lowest BCUT2D eigenvalue weighted by Crippen LogP contribution is -2.26. The van der Waals surface area contributed by atoms with Crippen LogP contribution >= 0.6 is 0 Å². The van der Waals surface area contributed by atoms with Crippen LogP contribution in [0, 0.1) is 0 Å². The first-order valence-corrected chi connectivity index (χ1v) is 6.67. The van der Waals surface area contributed by atoms with E-state index in [0.29, 0.717) is 0 Å². The molecular weight excluding hydrogens is 216 g/mol. The summed E-state index contributed by atoms with van der Waals surface area (Å²) in [5.41, 5.74) is 3.04. The standard InChI is InChI=1S/C13H18N2O2/c1-2-4-10(5-3-1)11-8-17-13-12-14(6-7-16-12)9-15(11)13/h1-9H2. The summed E-state index contributed by atoms with van der Waals surface area (Å²) in [5.74, 6) is 1.94. The van der Waals surface area contributed by atoms with Gasteiger partial charge < -0.3 is 14.4 Å². The first kappa shape index (κ1) is 9.68. The Morgan fingerprint density at radius 1 is 0.941 bits per heavy atom. The third-order valence-corrected chi connectivity index (χ3v) is 4.16. The molecule has 1 aliphatic carbocycles. The minimum absolute atomic E-state index is 0.755. The van der Waals surface area contributed by atoms with Crippen molar-refractivity contribution in [2.24, 2.45) is 0 Å². The molecule has 2 saturated heterocycles. The molecule has 0 atom stereocenters. The largest absolute Gasteiger partial charge is 0.473 e. The Bertz CT molecular complexity index is 406. The molecular formula is C13H18N2O2. The van der Waals surface area contributed by atoms with E-state index in [4.69, 9.17) is 9.47 Å². The quantitative estimate of drug-likeness (QED) is 0.639. The van der Waals surface area contributed by atoms with Crippen molar-refractivity contribution in [3.8, 4) is 0 Å². The van der Waals surface area contributed by atoms with E-state index in [-0.39, 0.29) is 0 Å². The van der Waals surface area contributed by atoms with Gasteiger partial charge in [-0.1, -0.05) is 6.42 Å². The molecule has 0 spiro atoms. The monoisotopic (exact) mass is 234 g/mol. The number of hydrogen-bond donors (Lipinski definition) is 0. The van der Waals surface area contributed by atoms with Crippen molar-refractivity contribution in [2.75, 3.05) is 26.4 Å². The van der Waals surface area contributed by atoms with Gasteiger partial charge in [0.05, 0.1) is 12.2 Å². The van der Waals surface area contributed by atoms with Crippen molar-refractivity contribution in [3.05, 3.63) is 23.0 Å². The van der Waals surface area contributed by atoms with Gasteiger partial charge in [0, 0.05) is 0 Å². The molecule has 4 nitrogen and oxygen atoms in total. The summed E-state index contributed by atoms with van der Waals surface area (Å²) in [7, 11) is 0. The SMILES string of the molecule is C1CCC(=C2COC3=C4OCCN4CN23)CC1. The van der Waals surface area contributed by atoms with Crippen molar-refractivity contribution in [3.63, 3.8) is 0 Å². The fraction of sp³-hybridized carbons (Fsp3) is 0.692. The van der Waals surface area contributed by atoms with Crippen LogP contribution in [0.4, 0.5) is 0 Å². The molecule has 0 aromatic heterocycles. The Morgan fingerprint density at radius 2 is 1.82 bits per heavy atom. The van der Waals surface area contributed by atoms with Gasteiger partial charge in [-0.25, -0.2) is 0 Å². The minimum Gasteiger partial charge on any atom is -0.473 e. The molecule has 3 aliphatic heterocycles. The number of nitrogens with zero attached hydrogens (tertiary/aromatic N) is 2. The Hall–Kier alpha value is -1.32. The average molecular weight is 234 g/mol. The van der Waals surface area contributed by atoms with Gasteiger partial charge >= 0.3 is 0 Å². The summed E-state index contributed by atoms with van der Waals surface area (Å²) in [6, 6.07) is 0. The second-order valence-electron chi connectivity index (χ2n) is 5.19. The van der Waals surface area contributed by atoms with Crippen LogP contribution in [0.15, 0.2) is 23.0 Å². The van der Waals surface area contributed by atoms with E-state index in [1.807, 2.05) is 0 Å². The van der Waals surface area contributed by atoms with E-state index in [2.05, 4.69) is 9.80 Å². The first-order chi connectivity index (χ1) is 8.43. The average Bonchev–Trinajstić information content (AvgIpc) is 3.00. The smallest absolute Gasteiger partial charge is 0.258 e. The van der Waals surface area contributed by atoms with Gasteiger partial charge in [0.2, 0.25) is 0 Å². The van der Waals surface area contributed by atoms with Crippen molar-refractivity contribution in [2.45, 2.75) is 32.1 Å². The van der Waals surface area contributed by atoms with Crippen LogP contribution in [0.5, 0.6) is 0 Å². The van der Waals surface area contributed by atoms with Crippen LogP contribution < -0.4 is 0 Å². The van der Waals surface area contributed by atoms with E-state index in [1.54, 1.807) is 5.57 Å². The molecule has 0 N–H and O–H groups in total. The summed E-state index contributed by atoms with van der Waals surface area (Å²) < 4.78 is 11.5. The van der Waals surface area contributed by atoms with Crippen molar-refractivity contribution in [1.29, 1.82) is 0 Å². The zero-order valence-corrected chi connectivity index (χ0v) is 10.1. The molecule has 0 bridgehead atoms. The highest BCUT2D eigenvalue weighted by atomic mass is 16.6. The lowest BCUT2D eigenvalue weighted by molar-refractivity contribution is 0.192. The van der Waals surface area contributed by atoms with Crippen LogP contribution in [-0.2, 0) is 9.47 Å². The summed E-state index contributed by atoms with van der Waals surface area (Å²) in [4.78, 5) is 4.60. The zero-order valence-electron chi connectivity index (χ0n) is 10.1. The molecule has 0 amide bonds. The maximum Gasteiger partial charge on any atom is 0.258 e. The summed E-state index contributed by atoms with van der Waals surface area (Å²) in [6.45, 7) is 3.50. The van der Waals surface area contributed by atoms with Crippen molar-refractivity contribution >= 4 is 0 Å². The molecule has 4 heteroatoms. The van der Waals surface area contributed by atoms with Crippen LogP contribution in [0.1, 0.15) is 32.1 Å². The molecule has 3 fully saturated rings. The fourth-order valence-electron chi connectivity index (χ4n) is 3.25. The molecule has 3 heterocycles. The van der Waals surface area contributed by atoms with Gasteiger partial charge in [-0.15, -0.1) is 0 Å². The van der Waals surface area contributed by atoms with Gasteiger partial charge in [0.25, 0.3) is 11.8 Å². The molecule has 17 heavy (non-hydrogen) atoms. The number of rotatable bonds is 0. The highest BCUT2D eigenvalue weighted by Gasteiger charge is 2.41. The summed E-state index contributed by atoms with van der Waals surface area (Å²) in [5, 5.41) is 0. The number of fused-ring (bicyclic) bond motifs is 2. The van der Waals surface area contributed by atoms with E-state index < -0.39 is 0 Å². The van der Waals surface area contributed by atoms with Crippen LogP contribution in [0.3, 0.4) is 0 Å². The Balaban J connectivity index is 1.67. The highest BCUT2D eigenvalue weighted by molar-refractivity contribution is 5.27. The van der Waals surface area contributed by atoms with Gasteiger partial charge in [-0.3, -0.25) is 4.90 Å². The van der Waals surface area contributed by atoms with Gasteiger partial charge in [0.15, 0.2) is 0 Å².